The molecule has 1 heteroatoms. The average Bonchev–Trinajstić information content (AvgIpc) is 3.25. The highest BCUT2D eigenvalue weighted by atomic mass is 14.9. The van der Waals surface area contributed by atoms with E-state index in [2.05, 4.69) is 106 Å². The second kappa shape index (κ2) is 7.23. The van der Waals surface area contributed by atoms with Gasteiger partial charge < -0.3 is 5.32 Å². The molecule has 4 bridgehead atoms. The first-order valence-electron chi connectivity index (χ1n) is 12.9. The van der Waals surface area contributed by atoms with Crippen LogP contribution in [0.5, 0.6) is 0 Å². The number of hydrogen-bond donors (Lipinski definition) is 1. The largest absolute Gasteiger partial charge is 0.356 e. The van der Waals surface area contributed by atoms with Crippen LogP contribution in [0.4, 0.5) is 11.4 Å². The molecule has 0 saturated heterocycles. The lowest BCUT2D eigenvalue weighted by Gasteiger charge is -2.40. The maximum Gasteiger partial charge on any atom is 0.0387 e. The molecule has 4 saturated carbocycles. The second-order valence-corrected chi connectivity index (χ2v) is 12.2. The van der Waals surface area contributed by atoms with Crippen molar-refractivity contribution in [2.24, 2.45) is 17.3 Å². The zero-order valence-corrected chi connectivity index (χ0v) is 20.6. The molecule has 5 aliphatic rings. The molecular weight excluding hydrogens is 398 g/mol. The normalized spacial score (nSPS) is 33.3. The minimum absolute atomic E-state index is 0.0442. The quantitative estimate of drug-likeness (QED) is 0.463. The van der Waals surface area contributed by atoms with Crippen LogP contribution in [-0.4, -0.2) is 0 Å². The number of rotatable bonds is 5. The maximum absolute atomic E-state index is 3.68. The average molecular weight is 436 g/mol. The highest BCUT2D eigenvalue weighted by Crippen LogP contribution is 2.70. The standard InChI is InChI=1S/C32H37N/c1-5-6-7-8-23-19-30(2,3)29-16-27(13-14-28(23)29)33-26-11-9-24(10-12-26)32-18-22-15-25(20-32)31(4,17-22)21-32/h5-14,16,19,22,25,33H,15,17-18,20-21H2,1-4H3/b6-5-,8-7-. The smallest absolute Gasteiger partial charge is 0.0387 e. The summed E-state index contributed by atoms with van der Waals surface area (Å²) in [6, 6.07) is 16.3. The zero-order chi connectivity index (χ0) is 22.8. The van der Waals surface area contributed by atoms with E-state index in [-0.39, 0.29) is 5.41 Å². The van der Waals surface area contributed by atoms with Gasteiger partial charge in [-0.15, -0.1) is 0 Å². The van der Waals surface area contributed by atoms with Crippen molar-refractivity contribution in [1.29, 1.82) is 0 Å². The zero-order valence-electron chi connectivity index (χ0n) is 20.6. The third-order valence-electron chi connectivity index (χ3n) is 9.32. The van der Waals surface area contributed by atoms with E-state index in [9.17, 15) is 0 Å². The highest BCUT2D eigenvalue weighted by molar-refractivity contribution is 5.84. The summed E-state index contributed by atoms with van der Waals surface area (Å²) in [6.45, 7) is 9.24. The fourth-order valence-corrected chi connectivity index (χ4v) is 8.09. The van der Waals surface area contributed by atoms with Gasteiger partial charge in [0, 0.05) is 16.8 Å². The Morgan fingerprint density at radius 2 is 1.70 bits per heavy atom. The van der Waals surface area contributed by atoms with Crippen LogP contribution in [0.25, 0.3) is 5.57 Å². The molecule has 0 aromatic heterocycles. The van der Waals surface area contributed by atoms with Gasteiger partial charge in [-0.1, -0.05) is 69.4 Å². The predicted octanol–water partition coefficient (Wildman–Crippen LogP) is 8.70. The minimum atomic E-state index is 0.0442. The predicted molar refractivity (Wildman–Crippen MR) is 141 cm³/mol. The summed E-state index contributed by atoms with van der Waals surface area (Å²) in [5.74, 6) is 1.94. The third-order valence-corrected chi connectivity index (χ3v) is 9.32. The van der Waals surface area contributed by atoms with Crippen molar-refractivity contribution in [3.63, 3.8) is 0 Å². The summed E-state index contributed by atoms with van der Waals surface area (Å²) in [7, 11) is 0. The number of anilines is 2. The van der Waals surface area contributed by atoms with Crippen molar-refractivity contribution in [3.8, 4) is 0 Å². The van der Waals surface area contributed by atoms with E-state index in [1.165, 1.54) is 60.2 Å². The Balaban J connectivity index is 1.22. The van der Waals surface area contributed by atoms with E-state index in [1.54, 1.807) is 5.56 Å². The molecule has 4 atom stereocenters. The molecule has 5 aliphatic carbocycles. The Morgan fingerprint density at radius 1 is 0.909 bits per heavy atom. The van der Waals surface area contributed by atoms with E-state index in [1.807, 2.05) is 0 Å². The molecule has 33 heavy (non-hydrogen) atoms. The van der Waals surface area contributed by atoms with E-state index in [4.69, 9.17) is 0 Å². The van der Waals surface area contributed by atoms with Gasteiger partial charge in [0.15, 0.2) is 0 Å². The molecule has 2 aromatic rings. The first kappa shape index (κ1) is 21.0. The van der Waals surface area contributed by atoms with Crippen LogP contribution in [0.3, 0.4) is 0 Å². The fraction of sp³-hybridized carbons (Fsp3) is 0.438. The van der Waals surface area contributed by atoms with Crippen molar-refractivity contribution < 1.29 is 0 Å². The number of benzene rings is 2. The molecule has 1 nitrogen and oxygen atoms in total. The minimum Gasteiger partial charge on any atom is -0.356 e. The summed E-state index contributed by atoms with van der Waals surface area (Å²) in [5, 5.41) is 3.68. The van der Waals surface area contributed by atoms with Crippen LogP contribution >= 0.6 is 0 Å². The lowest BCUT2D eigenvalue weighted by Crippen LogP contribution is -2.32. The summed E-state index contributed by atoms with van der Waals surface area (Å²) in [5.41, 5.74) is 9.13. The molecule has 7 rings (SSSR count). The molecule has 4 fully saturated rings. The van der Waals surface area contributed by atoms with Crippen LogP contribution in [0.1, 0.15) is 76.5 Å². The third kappa shape index (κ3) is 3.35. The monoisotopic (exact) mass is 435 g/mol. The molecule has 4 unspecified atom stereocenters. The fourth-order valence-electron chi connectivity index (χ4n) is 8.09. The van der Waals surface area contributed by atoms with Crippen molar-refractivity contribution in [2.75, 3.05) is 5.32 Å². The van der Waals surface area contributed by atoms with Crippen LogP contribution in [0.15, 0.2) is 72.8 Å². The topological polar surface area (TPSA) is 12.0 Å². The van der Waals surface area contributed by atoms with E-state index in [0.29, 0.717) is 10.8 Å². The van der Waals surface area contributed by atoms with Gasteiger partial charge >= 0.3 is 0 Å². The van der Waals surface area contributed by atoms with Crippen LogP contribution in [0.2, 0.25) is 0 Å². The molecule has 0 spiro atoms. The van der Waals surface area contributed by atoms with Gasteiger partial charge in [-0.3, -0.25) is 0 Å². The summed E-state index contributed by atoms with van der Waals surface area (Å²) in [4.78, 5) is 0. The first-order valence-corrected chi connectivity index (χ1v) is 12.9. The molecule has 2 aromatic carbocycles. The van der Waals surface area contributed by atoms with Gasteiger partial charge in [-0.05, 0) is 108 Å². The molecule has 0 amide bonds. The molecule has 0 radical (unpaired) electrons. The SMILES string of the molecule is C/C=C\C=C/C1=CC(C)(C)c2cc(Nc3ccc(C45CC6CC(C4)C(C)(C6)C5)cc3)ccc21. The van der Waals surface area contributed by atoms with Gasteiger partial charge in [0.1, 0.15) is 0 Å². The van der Waals surface area contributed by atoms with Gasteiger partial charge in [-0.2, -0.15) is 0 Å². The van der Waals surface area contributed by atoms with Gasteiger partial charge in [0.05, 0.1) is 0 Å². The van der Waals surface area contributed by atoms with Crippen molar-refractivity contribution in [1.82, 2.24) is 0 Å². The number of hydrogen-bond acceptors (Lipinski definition) is 1. The molecule has 1 N–H and O–H groups in total. The maximum atomic E-state index is 3.68. The Kier molecular flexibility index (Phi) is 4.60. The van der Waals surface area contributed by atoms with Crippen molar-refractivity contribution in [2.45, 2.75) is 70.6 Å². The van der Waals surface area contributed by atoms with E-state index in [0.717, 1.165) is 11.8 Å². The van der Waals surface area contributed by atoms with Crippen LogP contribution < -0.4 is 5.32 Å². The number of nitrogens with one attached hydrogen (secondary N) is 1. The molecule has 170 valence electrons. The molecular formula is C32H37N. The van der Waals surface area contributed by atoms with Gasteiger partial charge in [0.2, 0.25) is 0 Å². The number of fused-ring (bicyclic) bond motifs is 1. The van der Waals surface area contributed by atoms with Crippen LogP contribution in [0, 0.1) is 17.3 Å². The lowest BCUT2D eigenvalue weighted by atomic mass is 9.64. The molecule has 0 aliphatic heterocycles. The summed E-state index contributed by atoms with van der Waals surface area (Å²) >= 11 is 0. The summed E-state index contributed by atoms with van der Waals surface area (Å²) < 4.78 is 0. The highest BCUT2D eigenvalue weighted by Gasteiger charge is 2.62. The Bertz CT molecular complexity index is 1180. The summed E-state index contributed by atoms with van der Waals surface area (Å²) in [6.07, 6.45) is 18.1. The molecule has 0 heterocycles. The van der Waals surface area contributed by atoms with Gasteiger partial charge in [-0.25, -0.2) is 0 Å². The van der Waals surface area contributed by atoms with E-state index < -0.39 is 0 Å². The van der Waals surface area contributed by atoms with Crippen molar-refractivity contribution in [3.05, 3.63) is 89.5 Å². The van der Waals surface area contributed by atoms with Crippen molar-refractivity contribution >= 4 is 16.9 Å². The Hall–Kier alpha value is -2.54. The van der Waals surface area contributed by atoms with Gasteiger partial charge in [0.25, 0.3) is 0 Å². The Morgan fingerprint density at radius 3 is 2.42 bits per heavy atom. The second-order valence-electron chi connectivity index (χ2n) is 12.2. The van der Waals surface area contributed by atoms with Crippen LogP contribution in [-0.2, 0) is 10.8 Å². The lowest BCUT2D eigenvalue weighted by molar-refractivity contribution is 0.193. The van der Waals surface area contributed by atoms with E-state index >= 15 is 0 Å². The first-order chi connectivity index (χ1) is 15.8. The number of allylic oxidation sites excluding steroid dienone is 6. The Labute approximate surface area is 199 Å².